The Hall–Kier alpha value is -3.09. The molecule has 0 fully saturated rings. The van der Waals surface area contributed by atoms with Gasteiger partial charge in [-0.15, -0.1) is 0 Å². The van der Waals surface area contributed by atoms with Crippen molar-refractivity contribution in [2.45, 2.75) is 0 Å². The van der Waals surface area contributed by atoms with Gasteiger partial charge in [0.2, 0.25) is 0 Å². The standard InChI is InChI=1S/C14H10FN5O/c15-11-4-2-10(3-5-11)14(21)19-12-8-13(17-9-16-12)20-7-1-6-18-20/h1-9H,(H,16,17,19,21). The highest BCUT2D eigenvalue weighted by Gasteiger charge is 2.08. The predicted octanol–water partition coefficient (Wildman–Crippen LogP) is 2.05. The van der Waals surface area contributed by atoms with Crippen molar-refractivity contribution in [1.82, 2.24) is 19.7 Å². The summed E-state index contributed by atoms with van der Waals surface area (Å²) in [5.41, 5.74) is 0.343. The van der Waals surface area contributed by atoms with Crippen molar-refractivity contribution in [1.29, 1.82) is 0 Å². The van der Waals surface area contributed by atoms with E-state index in [0.29, 0.717) is 17.2 Å². The third-order valence-corrected chi connectivity index (χ3v) is 2.74. The van der Waals surface area contributed by atoms with Crippen molar-refractivity contribution in [2.75, 3.05) is 5.32 Å². The van der Waals surface area contributed by atoms with Gasteiger partial charge in [0.05, 0.1) is 0 Å². The molecule has 3 rings (SSSR count). The number of halogens is 1. The van der Waals surface area contributed by atoms with E-state index in [0.717, 1.165) is 0 Å². The number of anilines is 1. The summed E-state index contributed by atoms with van der Waals surface area (Å²) in [6.07, 6.45) is 4.68. The quantitative estimate of drug-likeness (QED) is 0.798. The first kappa shape index (κ1) is 12.9. The number of hydrogen-bond donors (Lipinski definition) is 1. The van der Waals surface area contributed by atoms with Crippen LogP contribution in [-0.4, -0.2) is 25.7 Å². The molecule has 21 heavy (non-hydrogen) atoms. The van der Waals surface area contributed by atoms with E-state index in [1.165, 1.54) is 30.6 Å². The van der Waals surface area contributed by atoms with E-state index in [2.05, 4.69) is 20.4 Å². The number of carbonyl (C=O) groups is 1. The summed E-state index contributed by atoms with van der Waals surface area (Å²) in [5.74, 6) is 0.101. The molecule has 2 heterocycles. The van der Waals surface area contributed by atoms with Crippen molar-refractivity contribution in [2.24, 2.45) is 0 Å². The van der Waals surface area contributed by atoms with Gasteiger partial charge >= 0.3 is 0 Å². The van der Waals surface area contributed by atoms with Gasteiger partial charge in [-0.25, -0.2) is 19.0 Å². The summed E-state index contributed by atoms with van der Waals surface area (Å²) >= 11 is 0. The molecule has 0 aliphatic carbocycles. The van der Waals surface area contributed by atoms with Gasteiger partial charge in [0, 0.05) is 24.0 Å². The molecule has 0 unspecified atom stereocenters. The number of nitrogens with zero attached hydrogens (tertiary/aromatic N) is 4. The molecule has 1 amide bonds. The van der Waals surface area contributed by atoms with Gasteiger partial charge in [0.15, 0.2) is 5.82 Å². The first-order chi connectivity index (χ1) is 10.2. The monoisotopic (exact) mass is 283 g/mol. The lowest BCUT2D eigenvalue weighted by atomic mass is 10.2. The SMILES string of the molecule is O=C(Nc1cc(-n2cccn2)ncn1)c1ccc(F)cc1. The van der Waals surface area contributed by atoms with Gasteiger partial charge in [-0.1, -0.05) is 0 Å². The van der Waals surface area contributed by atoms with Crippen LogP contribution in [0.25, 0.3) is 5.82 Å². The Bertz CT molecular complexity index is 755. The molecule has 0 aliphatic rings. The summed E-state index contributed by atoms with van der Waals surface area (Å²) < 4.78 is 14.4. The maximum absolute atomic E-state index is 12.8. The Kier molecular flexibility index (Phi) is 3.38. The highest BCUT2D eigenvalue weighted by molar-refractivity contribution is 6.03. The maximum atomic E-state index is 12.8. The molecule has 0 aliphatic heterocycles. The molecule has 104 valence electrons. The summed E-state index contributed by atoms with van der Waals surface area (Å²) in [4.78, 5) is 20.0. The van der Waals surface area contributed by atoms with E-state index >= 15 is 0 Å². The zero-order valence-electron chi connectivity index (χ0n) is 10.8. The lowest BCUT2D eigenvalue weighted by molar-refractivity contribution is 0.102. The molecule has 0 spiro atoms. The molecule has 6 nitrogen and oxygen atoms in total. The number of nitrogens with one attached hydrogen (secondary N) is 1. The molecule has 0 bridgehead atoms. The van der Waals surface area contributed by atoms with Crippen molar-refractivity contribution < 1.29 is 9.18 Å². The smallest absolute Gasteiger partial charge is 0.256 e. The second kappa shape index (κ2) is 5.49. The minimum atomic E-state index is -0.394. The summed E-state index contributed by atoms with van der Waals surface area (Å²) in [5, 5.41) is 6.67. The molecule has 2 aromatic heterocycles. The Morgan fingerprint density at radius 2 is 2.00 bits per heavy atom. The van der Waals surface area contributed by atoms with E-state index in [9.17, 15) is 9.18 Å². The molecule has 0 saturated heterocycles. The zero-order valence-corrected chi connectivity index (χ0v) is 10.8. The molecule has 0 saturated carbocycles. The average Bonchev–Trinajstić information content (AvgIpc) is 3.02. The topological polar surface area (TPSA) is 72.7 Å². The second-order valence-electron chi connectivity index (χ2n) is 4.17. The van der Waals surface area contributed by atoms with Crippen LogP contribution in [0, 0.1) is 5.82 Å². The number of carbonyl (C=O) groups excluding carboxylic acids is 1. The fourth-order valence-corrected chi connectivity index (χ4v) is 1.73. The first-order valence-corrected chi connectivity index (χ1v) is 6.11. The highest BCUT2D eigenvalue weighted by Crippen LogP contribution is 2.10. The van der Waals surface area contributed by atoms with Crippen molar-refractivity contribution in [3.63, 3.8) is 0 Å². The number of hydrogen-bond acceptors (Lipinski definition) is 4. The minimum absolute atomic E-state index is 0.338. The minimum Gasteiger partial charge on any atom is -0.306 e. The van der Waals surface area contributed by atoms with Crippen molar-refractivity contribution >= 4 is 11.7 Å². The number of rotatable bonds is 3. The van der Waals surface area contributed by atoms with Crippen LogP contribution >= 0.6 is 0 Å². The van der Waals surface area contributed by atoms with Crippen molar-refractivity contribution in [3.05, 3.63) is 66.5 Å². The number of amides is 1. The van der Waals surface area contributed by atoms with E-state index < -0.39 is 5.82 Å². The second-order valence-corrected chi connectivity index (χ2v) is 4.17. The molecule has 7 heteroatoms. The van der Waals surface area contributed by atoms with Gasteiger partial charge in [0.1, 0.15) is 18.0 Å². The van der Waals surface area contributed by atoms with Gasteiger partial charge in [-0.3, -0.25) is 4.79 Å². The van der Waals surface area contributed by atoms with Gasteiger partial charge < -0.3 is 5.32 Å². The van der Waals surface area contributed by atoms with Gasteiger partial charge in [0.25, 0.3) is 5.91 Å². The Morgan fingerprint density at radius 3 is 2.71 bits per heavy atom. The number of aromatic nitrogens is 4. The predicted molar refractivity (Wildman–Crippen MR) is 73.5 cm³/mol. The van der Waals surface area contributed by atoms with Crippen LogP contribution in [0.3, 0.4) is 0 Å². The summed E-state index contributed by atoms with van der Waals surface area (Å²) in [7, 11) is 0. The van der Waals surface area contributed by atoms with Crippen LogP contribution in [0.4, 0.5) is 10.2 Å². The Labute approximate surface area is 119 Å². The molecule has 1 aromatic carbocycles. The van der Waals surface area contributed by atoms with E-state index in [4.69, 9.17) is 0 Å². The van der Waals surface area contributed by atoms with Crippen LogP contribution in [0.2, 0.25) is 0 Å². The van der Waals surface area contributed by atoms with E-state index in [1.807, 2.05) is 0 Å². The first-order valence-electron chi connectivity index (χ1n) is 6.11. The molecular formula is C14H10FN5O. The van der Waals surface area contributed by atoms with Crippen LogP contribution in [0.1, 0.15) is 10.4 Å². The van der Waals surface area contributed by atoms with Crippen LogP contribution < -0.4 is 5.32 Å². The highest BCUT2D eigenvalue weighted by atomic mass is 19.1. The third-order valence-electron chi connectivity index (χ3n) is 2.74. The molecular weight excluding hydrogens is 273 g/mol. The lowest BCUT2D eigenvalue weighted by Crippen LogP contribution is -2.13. The van der Waals surface area contributed by atoms with Crippen LogP contribution in [0.15, 0.2) is 55.1 Å². The molecule has 1 N–H and O–H groups in total. The molecule has 0 atom stereocenters. The molecule has 3 aromatic rings. The van der Waals surface area contributed by atoms with Crippen molar-refractivity contribution in [3.8, 4) is 5.82 Å². The van der Waals surface area contributed by atoms with E-state index in [1.54, 1.807) is 29.2 Å². The fraction of sp³-hybridized carbons (Fsp3) is 0. The maximum Gasteiger partial charge on any atom is 0.256 e. The summed E-state index contributed by atoms with van der Waals surface area (Å²) in [6, 6.07) is 8.61. The number of benzene rings is 1. The Morgan fingerprint density at radius 1 is 1.19 bits per heavy atom. The van der Waals surface area contributed by atoms with Gasteiger partial charge in [-0.05, 0) is 30.3 Å². The van der Waals surface area contributed by atoms with Crippen LogP contribution in [0.5, 0.6) is 0 Å². The van der Waals surface area contributed by atoms with Gasteiger partial charge in [-0.2, -0.15) is 5.10 Å². The third kappa shape index (κ3) is 2.92. The average molecular weight is 283 g/mol. The largest absolute Gasteiger partial charge is 0.306 e. The van der Waals surface area contributed by atoms with Crippen LogP contribution in [-0.2, 0) is 0 Å². The normalized spacial score (nSPS) is 10.3. The molecule has 0 radical (unpaired) electrons. The summed E-state index contributed by atoms with van der Waals surface area (Å²) in [6.45, 7) is 0. The zero-order chi connectivity index (χ0) is 14.7. The lowest BCUT2D eigenvalue weighted by Gasteiger charge is -2.06. The fourth-order valence-electron chi connectivity index (χ4n) is 1.73. The Balaban J connectivity index is 1.80. The van der Waals surface area contributed by atoms with E-state index in [-0.39, 0.29) is 5.91 Å².